The number of amides is 1. The SMILES string of the molecule is CCC1CCN(C(=O)c2cncc(Cl)n2)C1. The van der Waals surface area contributed by atoms with Gasteiger partial charge in [0.05, 0.1) is 12.4 Å². The Morgan fingerprint density at radius 3 is 3.06 bits per heavy atom. The fraction of sp³-hybridized carbons (Fsp3) is 0.545. The van der Waals surface area contributed by atoms with Crippen LogP contribution in [0, 0.1) is 5.92 Å². The van der Waals surface area contributed by atoms with Crippen LogP contribution >= 0.6 is 11.6 Å². The average molecular weight is 240 g/mol. The van der Waals surface area contributed by atoms with Crippen LogP contribution in [-0.4, -0.2) is 33.9 Å². The number of halogens is 1. The minimum absolute atomic E-state index is 0.0639. The maximum atomic E-state index is 12.0. The summed E-state index contributed by atoms with van der Waals surface area (Å²) in [6.45, 7) is 3.78. The first-order valence-corrected chi connectivity index (χ1v) is 5.85. The molecule has 0 N–H and O–H groups in total. The van der Waals surface area contributed by atoms with Crippen LogP contribution in [0.4, 0.5) is 0 Å². The largest absolute Gasteiger partial charge is 0.337 e. The van der Waals surface area contributed by atoms with Crippen molar-refractivity contribution < 1.29 is 4.79 Å². The molecule has 1 unspecified atom stereocenters. The molecule has 0 radical (unpaired) electrons. The standard InChI is InChI=1S/C11H14ClN3O/c1-2-8-3-4-15(7-8)11(16)9-5-13-6-10(12)14-9/h5-6,8H,2-4,7H2,1H3. The van der Waals surface area contributed by atoms with E-state index in [0.717, 1.165) is 25.9 Å². The number of carbonyl (C=O) groups is 1. The van der Waals surface area contributed by atoms with E-state index in [1.54, 1.807) is 0 Å². The summed E-state index contributed by atoms with van der Waals surface area (Å²) in [7, 11) is 0. The molecule has 0 aliphatic carbocycles. The van der Waals surface area contributed by atoms with Crippen molar-refractivity contribution in [2.45, 2.75) is 19.8 Å². The van der Waals surface area contributed by atoms with Crippen molar-refractivity contribution in [2.75, 3.05) is 13.1 Å². The van der Waals surface area contributed by atoms with Crippen LogP contribution in [0.2, 0.25) is 5.15 Å². The van der Waals surface area contributed by atoms with E-state index >= 15 is 0 Å². The fourth-order valence-corrected chi connectivity index (χ4v) is 2.10. The van der Waals surface area contributed by atoms with Gasteiger partial charge in [-0.05, 0) is 12.3 Å². The third-order valence-corrected chi connectivity index (χ3v) is 3.16. The van der Waals surface area contributed by atoms with E-state index in [9.17, 15) is 4.79 Å². The molecule has 1 amide bonds. The van der Waals surface area contributed by atoms with Crippen LogP contribution in [0.25, 0.3) is 0 Å². The van der Waals surface area contributed by atoms with Gasteiger partial charge in [0.2, 0.25) is 0 Å². The van der Waals surface area contributed by atoms with Crippen molar-refractivity contribution in [1.82, 2.24) is 14.9 Å². The third-order valence-electron chi connectivity index (χ3n) is 2.97. The van der Waals surface area contributed by atoms with Gasteiger partial charge in [0.1, 0.15) is 10.8 Å². The molecule has 1 aliphatic rings. The highest BCUT2D eigenvalue weighted by Gasteiger charge is 2.26. The van der Waals surface area contributed by atoms with E-state index in [1.165, 1.54) is 12.4 Å². The van der Waals surface area contributed by atoms with Gasteiger partial charge >= 0.3 is 0 Å². The Balaban J connectivity index is 2.08. The van der Waals surface area contributed by atoms with Crippen molar-refractivity contribution in [2.24, 2.45) is 5.92 Å². The van der Waals surface area contributed by atoms with Crippen molar-refractivity contribution in [1.29, 1.82) is 0 Å². The van der Waals surface area contributed by atoms with E-state index in [2.05, 4.69) is 16.9 Å². The number of hydrogen-bond acceptors (Lipinski definition) is 3. The number of rotatable bonds is 2. The monoisotopic (exact) mass is 239 g/mol. The van der Waals surface area contributed by atoms with E-state index in [1.807, 2.05) is 4.90 Å². The molecule has 0 spiro atoms. The summed E-state index contributed by atoms with van der Waals surface area (Å²) >= 11 is 5.71. The Hall–Kier alpha value is -1.16. The molecule has 4 nitrogen and oxygen atoms in total. The van der Waals surface area contributed by atoms with E-state index < -0.39 is 0 Å². The lowest BCUT2D eigenvalue weighted by Gasteiger charge is -2.15. The summed E-state index contributed by atoms with van der Waals surface area (Å²) in [4.78, 5) is 21.7. The molecule has 0 saturated carbocycles. The average Bonchev–Trinajstić information content (AvgIpc) is 2.76. The van der Waals surface area contributed by atoms with Crippen molar-refractivity contribution in [3.8, 4) is 0 Å². The molecule has 1 saturated heterocycles. The van der Waals surface area contributed by atoms with Crippen LogP contribution in [0.1, 0.15) is 30.3 Å². The minimum Gasteiger partial charge on any atom is -0.337 e. The molecule has 0 bridgehead atoms. The summed E-state index contributed by atoms with van der Waals surface area (Å²) in [5, 5.41) is 0.261. The predicted octanol–water partition coefficient (Wildman–Crippen LogP) is 2.00. The van der Waals surface area contributed by atoms with E-state index in [4.69, 9.17) is 11.6 Å². The highest BCUT2D eigenvalue weighted by Crippen LogP contribution is 2.20. The number of likely N-dealkylation sites (tertiary alicyclic amines) is 1. The van der Waals surface area contributed by atoms with Gasteiger partial charge in [0, 0.05) is 13.1 Å². The van der Waals surface area contributed by atoms with Crippen LogP contribution in [0.5, 0.6) is 0 Å². The number of hydrogen-bond donors (Lipinski definition) is 0. The molecule has 5 heteroatoms. The molecule has 1 fully saturated rings. The molecule has 1 aromatic heterocycles. The zero-order valence-electron chi connectivity index (χ0n) is 9.19. The zero-order chi connectivity index (χ0) is 11.5. The molecule has 86 valence electrons. The molecule has 2 rings (SSSR count). The topological polar surface area (TPSA) is 46.1 Å². The Labute approximate surface area is 99.6 Å². The van der Waals surface area contributed by atoms with Gasteiger partial charge in [-0.25, -0.2) is 4.98 Å². The van der Waals surface area contributed by atoms with Gasteiger partial charge in [0.15, 0.2) is 0 Å². The van der Waals surface area contributed by atoms with Gasteiger partial charge < -0.3 is 4.90 Å². The second-order valence-corrected chi connectivity index (χ2v) is 4.43. The maximum absolute atomic E-state index is 12.0. The Morgan fingerprint density at radius 1 is 1.62 bits per heavy atom. The number of carbonyl (C=O) groups excluding carboxylic acids is 1. The summed E-state index contributed by atoms with van der Waals surface area (Å²) < 4.78 is 0. The number of nitrogens with zero attached hydrogens (tertiary/aromatic N) is 3. The zero-order valence-corrected chi connectivity index (χ0v) is 9.94. The Bertz CT molecular complexity index is 397. The van der Waals surface area contributed by atoms with Gasteiger partial charge in [-0.3, -0.25) is 9.78 Å². The minimum atomic E-state index is -0.0639. The van der Waals surface area contributed by atoms with Crippen molar-refractivity contribution >= 4 is 17.5 Å². The second-order valence-electron chi connectivity index (χ2n) is 4.04. The molecule has 16 heavy (non-hydrogen) atoms. The summed E-state index contributed by atoms with van der Waals surface area (Å²) in [6.07, 6.45) is 5.09. The molecule has 2 heterocycles. The Kier molecular flexibility index (Phi) is 3.39. The fourth-order valence-electron chi connectivity index (χ4n) is 1.96. The molecule has 1 aromatic rings. The molecular weight excluding hydrogens is 226 g/mol. The molecular formula is C11H14ClN3O. The van der Waals surface area contributed by atoms with Crippen LogP contribution in [-0.2, 0) is 0 Å². The first-order valence-electron chi connectivity index (χ1n) is 5.47. The molecule has 1 atom stereocenters. The first kappa shape index (κ1) is 11.3. The van der Waals surface area contributed by atoms with Crippen molar-refractivity contribution in [3.05, 3.63) is 23.2 Å². The summed E-state index contributed by atoms with van der Waals surface area (Å²) in [5.74, 6) is 0.557. The predicted molar refractivity (Wildman–Crippen MR) is 61.3 cm³/mol. The highest BCUT2D eigenvalue weighted by molar-refractivity contribution is 6.29. The van der Waals surface area contributed by atoms with Crippen LogP contribution in [0.3, 0.4) is 0 Å². The van der Waals surface area contributed by atoms with Gasteiger partial charge in [-0.15, -0.1) is 0 Å². The summed E-state index contributed by atoms with van der Waals surface area (Å²) in [5.41, 5.74) is 0.337. The van der Waals surface area contributed by atoms with Crippen LogP contribution in [0.15, 0.2) is 12.4 Å². The van der Waals surface area contributed by atoms with Gasteiger partial charge in [0.25, 0.3) is 5.91 Å². The number of aromatic nitrogens is 2. The third kappa shape index (κ3) is 2.32. The second kappa shape index (κ2) is 4.78. The molecule has 0 aromatic carbocycles. The van der Waals surface area contributed by atoms with E-state index in [-0.39, 0.29) is 11.1 Å². The smallest absolute Gasteiger partial charge is 0.274 e. The summed E-state index contributed by atoms with van der Waals surface area (Å²) in [6, 6.07) is 0. The lowest BCUT2D eigenvalue weighted by atomic mass is 10.1. The first-order chi connectivity index (χ1) is 7.70. The Morgan fingerprint density at radius 2 is 2.44 bits per heavy atom. The lowest BCUT2D eigenvalue weighted by Crippen LogP contribution is -2.29. The quantitative estimate of drug-likeness (QED) is 0.793. The van der Waals surface area contributed by atoms with Gasteiger partial charge in [-0.1, -0.05) is 24.9 Å². The maximum Gasteiger partial charge on any atom is 0.274 e. The van der Waals surface area contributed by atoms with Crippen molar-refractivity contribution in [3.63, 3.8) is 0 Å². The van der Waals surface area contributed by atoms with Gasteiger partial charge in [-0.2, -0.15) is 0 Å². The highest BCUT2D eigenvalue weighted by atomic mass is 35.5. The lowest BCUT2D eigenvalue weighted by molar-refractivity contribution is 0.0780. The van der Waals surface area contributed by atoms with Crippen LogP contribution < -0.4 is 0 Å². The molecule has 1 aliphatic heterocycles. The normalized spacial score (nSPS) is 20.1. The van der Waals surface area contributed by atoms with E-state index in [0.29, 0.717) is 11.6 Å².